The summed E-state index contributed by atoms with van der Waals surface area (Å²) < 4.78 is 15.9. The van der Waals surface area contributed by atoms with Crippen molar-refractivity contribution in [3.8, 4) is 28.4 Å². The molecule has 116 valence electrons. The van der Waals surface area contributed by atoms with Gasteiger partial charge in [0, 0.05) is 0 Å². The molecule has 2 rings (SSSR count). The average Bonchev–Trinajstić information content (AvgIpc) is 2.54. The smallest absolute Gasteiger partial charge is 0.204 e. The van der Waals surface area contributed by atoms with Gasteiger partial charge in [-0.1, -0.05) is 29.3 Å². The highest BCUT2D eigenvalue weighted by atomic mass is 35.5. The summed E-state index contributed by atoms with van der Waals surface area (Å²) in [6, 6.07) is 6.81. The minimum absolute atomic E-state index is 0.304. The lowest BCUT2D eigenvalue weighted by Crippen LogP contribution is -2.01. The highest BCUT2D eigenvalue weighted by Crippen LogP contribution is 2.45. The van der Waals surface area contributed by atoms with E-state index < -0.39 is 0 Å². The van der Waals surface area contributed by atoms with Gasteiger partial charge in [0.15, 0.2) is 17.8 Å². The minimum Gasteiger partial charge on any atom is -0.493 e. The van der Waals surface area contributed by atoms with Gasteiger partial charge in [0.1, 0.15) is 0 Å². The largest absolute Gasteiger partial charge is 0.493 e. The second-order valence-corrected chi connectivity index (χ2v) is 5.17. The molecule has 0 unspecified atom stereocenters. The summed E-state index contributed by atoms with van der Waals surface area (Å²) in [5, 5.41) is 0.829. The molecule has 4 nitrogen and oxygen atoms in total. The third-order valence-corrected chi connectivity index (χ3v) is 3.96. The molecule has 0 amide bonds. The molecule has 0 radical (unpaired) electrons. The number of hydrogen-bond donors (Lipinski definition) is 0. The van der Waals surface area contributed by atoms with Crippen molar-refractivity contribution in [3.63, 3.8) is 0 Å². The summed E-state index contributed by atoms with van der Waals surface area (Å²) >= 11 is 12.0. The molecule has 2 aromatic carbocycles. The number of halogens is 2. The van der Waals surface area contributed by atoms with E-state index in [1.54, 1.807) is 24.3 Å². The van der Waals surface area contributed by atoms with Crippen LogP contribution in [0.15, 0.2) is 24.3 Å². The van der Waals surface area contributed by atoms with Crippen LogP contribution in [0.1, 0.15) is 10.4 Å². The van der Waals surface area contributed by atoms with Crippen LogP contribution in [0.25, 0.3) is 11.1 Å². The number of benzene rings is 2. The van der Waals surface area contributed by atoms with Crippen molar-refractivity contribution in [1.29, 1.82) is 0 Å². The maximum absolute atomic E-state index is 11.6. The number of hydrogen-bond acceptors (Lipinski definition) is 4. The SMILES string of the molecule is COc1cc(-c2ccc(Cl)c(Cl)c2)c(C=O)c(OC)c1OC. The highest BCUT2D eigenvalue weighted by molar-refractivity contribution is 6.42. The van der Waals surface area contributed by atoms with E-state index in [0.717, 1.165) is 5.56 Å². The zero-order chi connectivity index (χ0) is 16.3. The molecule has 6 heteroatoms. The fourth-order valence-corrected chi connectivity index (χ4v) is 2.50. The van der Waals surface area contributed by atoms with Crippen molar-refractivity contribution >= 4 is 29.5 Å². The molecule has 0 aliphatic heterocycles. The van der Waals surface area contributed by atoms with Gasteiger partial charge >= 0.3 is 0 Å². The van der Waals surface area contributed by atoms with Crippen LogP contribution < -0.4 is 14.2 Å². The molecule has 0 aliphatic rings. The first-order valence-electron chi connectivity index (χ1n) is 6.30. The number of carbonyl (C=O) groups excluding carboxylic acids is 1. The Labute approximate surface area is 138 Å². The van der Waals surface area contributed by atoms with E-state index in [1.807, 2.05) is 0 Å². The van der Waals surface area contributed by atoms with E-state index in [2.05, 4.69) is 0 Å². The highest BCUT2D eigenvalue weighted by Gasteiger charge is 2.21. The first-order chi connectivity index (χ1) is 10.6. The van der Waals surface area contributed by atoms with Crippen LogP contribution in [0, 0.1) is 0 Å². The summed E-state index contributed by atoms with van der Waals surface area (Å²) in [6.07, 6.45) is 0.707. The average molecular weight is 341 g/mol. The third kappa shape index (κ3) is 2.85. The van der Waals surface area contributed by atoms with Crippen LogP contribution in [-0.2, 0) is 0 Å². The standard InChI is InChI=1S/C16H14Cl2O4/c1-20-14-7-10(9-4-5-12(17)13(18)6-9)11(8-19)15(21-2)16(14)22-3/h4-8H,1-3H3. The van der Waals surface area contributed by atoms with Gasteiger partial charge < -0.3 is 14.2 Å². The van der Waals surface area contributed by atoms with Crippen molar-refractivity contribution in [2.45, 2.75) is 0 Å². The zero-order valence-electron chi connectivity index (χ0n) is 12.3. The Hall–Kier alpha value is -1.91. The van der Waals surface area contributed by atoms with Gasteiger partial charge in [-0.2, -0.15) is 0 Å². The lowest BCUT2D eigenvalue weighted by molar-refractivity contribution is 0.112. The predicted molar refractivity (Wildman–Crippen MR) is 86.9 cm³/mol. The number of aldehydes is 1. The van der Waals surface area contributed by atoms with Gasteiger partial charge in [-0.15, -0.1) is 0 Å². The monoisotopic (exact) mass is 340 g/mol. The summed E-state index contributed by atoms with van der Waals surface area (Å²) in [6.45, 7) is 0. The first-order valence-corrected chi connectivity index (χ1v) is 7.06. The topological polar surface area (TPSA) is 44.8 Å². The molecule has 0 N–H and O–H groups in total. The van der Waals surface area contributed by atoms with Gasteiger partial charge in [-0.05, 0) is 29.3 Å². The van der Waals surface area contributed by atoms with Crippen molar-refractivity contribution < 1.29 is 19.0 Å². The third-order valence-electron chi connectivity index (χ3n) is 3.22. The zero-order valence-corrected chi connectivity index (χ0v) is 13.8. The minimum atomic E-state index is 0.304. The Morgan fingerprint density at radius 1 is 0.909 bits per heavy atom. The van der Waals surface area contributed by atoms with Crippen molar-refractivity contribution in [2.24, 2.45) is 0 Å². The summed E-state index contributed by atoms with van der Waals surface area (Å²) in [4.78, 5) is 11.6. The summed E-state index contributed by atoms with van der Waals surface area (Å²) in [7, 11) is 4.45. The Balaban J connectivity index is 2.79. The van der Waals surface area contributed by atoms with E-state index in [9.17, 15) is 4.79 Å². The van der Waals surface area contributed by atoms with Crippen LogP contribution >= 0.6 is 23.2 Å². The van der Waals surface area contributed by atoms with Crippen molar-refractivity contribution in [1.82, 2.24) is 0 Å². The van der Waals surface area contributed by atoms with E-state index >= 15 is 0 Å². The molecule has 0 bridgehead atoms. The molecule has 2 aromatic rings. The Kier molecular flexibility index (Phi) is 5.16. The second kappa shape index (κ2) is 6.90. The van der Waals surface area contributed by atoms with Crippen LogP contribution in [-0.4, -0.2) is 27.6 Å². The summed E-state index contributed by atoms with van der Waals surface area (Å²) in [5.41, 5.74) is 1.68. The molecule has 0 aliphatic carbocycles. The second-order valence-electron chi connectivity index (χ2n) is 4.35. The molecule has 0 aromatic heterocycles. The molecule has 0 heterocycles. The van der Waals surface area contributed by atoms with Crippen LogP contribution in [0.3, 0.4) is 0 Å². The van der Waals surface area contributed by atoms with E-state index in [-0.39, 0.29) is 0 Å². The van der Waals surface area contributed by atoms with Gasteiger partial charge in [0.2, 0.25) is 5.75 Å². The van der Waals surface area contributed by atoms with Crippen LogP contribution in [0.4, 0.5) is 0 Å². The lowest BCUT2D eigenvalue weighted by Gasteiger charge is -2.17. The maximum Gasteiger partial charge on any atom is 0.204 e. The molecule has 0 atom stereocenters. The number of methoxy groups -OCH3 is 3. The Morgan fingerprint density at radius 2 is 1.59 bits per heavy atom. The molecule has 22 heavy (non-hydrogen) atoms. The first kappa shape index (κ1) is 16.5. The molecular weight excluding hydrogens is 327 g/mol. The molecule has 0 fully saturated rings. The van der Waals surface area contributed by atoms with Crippen LogP contribution in [0.2, 0.25) is 10.0 Å². The predicted octanol–water partition coefficient (Wildman–Crippen LogP) is 4.50. The Morgan fingerprint density at radius 3 is 2.09 bits per heavy atom. The van der Waals surface area contributed by atoms with Gasteiger partial charge in [0.25, 0.3) is 0 Å². The molecular formula is C16H14Cl2O4. The van der Waals surface area contributed by atoms with Gasteiger partial charge in [-0.3, -0.25) is 4.79 Å². The van der Waals surface area contributed by atoms with Crippen molar-refractivity contribution in [3.05, 3.63) is 39.9 Å². The number of ether oxygens (including phenoxy) is 3. The van der Waals surface area contributed by atoms with E-state index in [4.69, 9.17) is 37.4 Å². The maximum atomic E-state index is 11.6. The van der Waals surface area contributed by atoms with E-state index in [0.29, 0.717) is 44.7 Å². The fourth-order valence-electron chi connectivity index (χ4n) is 2.20. The van der Waals surface area contributed by atoms with Crippen LogP contribution in [0.5, 0.6) is 17.2 Å². The number of rotatable bonds is 5. The quantitative estimate of drug-likeness (QED) is 0.751. The van der Waals surface area contributed by atoms with E-state index in [1.165, 1.54) is 21.3 Å². The molecule has 0 saturated heterocycles. The normalized spacial score (nSPS) is 10.2. The fraction of sp³-hybridized carbons (Fsp3) is 0.188. The van der Waals surface area contributed by atoms with Gasteiger partial charge in [0.05, 0.1) is 36.9 Å². The number of carbonyl (C=O) groups is 1. The molecule has 0 saturated carbocycles. The molecule has 0 spiro atoms. The van der Waals surface area contributed by atoms with Crippen molar-refractivity contribution in [2.75, 3.05) is 21.3 Å². The summed E-state index contributed by atoms with van der Waals surface area (Å²) in [5.74, 6) is 1.11. The van der Waals surface area contributed by atoms with Gasteiger partial charge in [-0.25, -0.2) is 0 Å². The lowest BCUT2D eigenvalue weighted by atomic mass is 9.98. The Bertz CT molecular complexity index is 714.